The number of esters is 1. The first-order valence-corrected chi connectivity index (χ1v) is 11.5. The van der Waals surface area contributed by atoms with Crippen LogP contribution in [-0.2, 0) is 26.1 Å². The molecule has 0 aliphatic carbocycles. The molecule has 0 radical (unpaired) electrons. The molecule has 0 saturated carbocycles. The molecular weight excluding hydrogens is 428 g/mol. The summed E-state index contributed by atoms with van der Waals surface area (Å²) >= 11 is 6.11. The normalized spacial score (nSPS) is 14.8. The summed E-state index contributed by atoms with van der Waals surface area (Å²) in [7, 11) is -3.80. The number of carbonyl (C=O) groups excluding carboxylic acids is 2. The zero-order valence-corrected chi connectivity index (χ0v) is 17.9. The Balaban J connectivity index is 1.62. The second-order valence-electron chi connectivity index (χ2n) is 6.95. The fourth-order valence-electron chi connectivity index (χ4n) is 3.13. The number of carbonyl (C=O) groups is 2. The number of piperidine rings is 1. The van der Waals surface area contributed by atoms with Gasteiger partial charge < -0.3 is 10.1 Å². The molecule has 1 aliphatic heterocycles. The molecule has 0 bridgehead atoms. The van der Waals surface area contributed by atoms with E-state index in [1.807, 2.05) is 30.3 Å². The average Bonchev–Trinajstić information content (AvgIpc) is 2.77. The number of amides is 1. The zero-order chi connectivity index (χ0) is 21.6. The monoisotopic (exact) mass is 450 g/mol. The van der Waals surface area contributed by atoms with Crippen molar-refractivity contribution < 1.29 is 22.7 Å². The molecule has 30 heavy (non-hydrogen) atoms. The Kier molecular flexibility index (Phi) is 7.47. The largest absolute Gasteiger partial charge is 0.452 e. The Morgan fingerprint density at radius 3 is 2.43 bits per heavy atom. The van der Waals surface area contributed by atoms with E-state index in [1.165, 1.54) is 22.5 Å². The lowest BCUT2D eigenvalue weighted by Crippen LogP contribution is -2.35. The summed E-state index contributed by atoms with van der Waals surface area (Å²) < 4.78 is 32.2. The maximum absolute atomic E-state index is 12.9. The third kappa shape index (κ3) is 5.59. The van der Waals surface area contributed by atoms with Crippen LogP contribution in [0.5, 0.6) is 0 Å². The Bertz CT molecular complexity index is 1010. The number of ether oxygens (including phenoxy) is 1. The average molecular weight is 451 g/mol. The van der Waals surface area contributed by atoms with Crippen LogP contribution in [0, 0.1) is 0 Å². The molecule has 1 aliphatic rings. The second-order valence-corrected chi connectivity index (χ2v) is 9.26. The van der Waals surface area contributed by atoms with E-state index < -0.39 is 28.5 Å². The van der Waals surface area contributed by atoms with Crippen LogP contribution in [0.15, 0.2) is 53.4 Å². The van der Waals surface area contributed by atoms with Crippen molar-refractivity contribution in [3.8, 4) is 0 Å². The molecule has 1 saturated heterocycles. The van der Waals surface area contributed by atoms with Gasteiger partial charge in [0, 0.05) is 19.6 Å². The molecule has 1 amide bonds. The van der Waals surface area contributed by atoms with Gasteiger partial charge in [0.05, 0.1) is 10.6 Å². The number of halogens is 1. The summed E-state index contributed by atoms with van der Waals surface area (Å²) in [6, 6.07) is 13.3. The number of sulfonamides is 1. The number of hydrogen-bond donors (Lipinski definition) is 1. The molecule has 3 rings (SSSR count). The lowest BCUT2D eigenvalue weighted by atomic mass is 10.2. The standard InChI is InChI=1S/C21H23ClN2O5S/c22-18-10-9-17(13-19(18)30(27,28)24-11-5-2-6-12-24)21(26)29-15-20(25)23-14-16-7-3-1-4-8-16/h1,3-4,7-10,13H,2,5-6,11-12,14-15H2,(H,23,25). The second kappa shape index (κ2) is 10.1. The molecule has 1 heterocycles. The quantitative estimate of drug-likeness (QED) is 0.654. The first-order valence-electron chi connectivity index (χ1n) is 9.65. The van der Waals surface area contributed by atoms with Crippen LogP contribution in [0.3, 0.4) is 0 Å². The van der Waals surface area contributed by atoms with Gasteiger partial charge in [-0.1, -0.05) is 48.4 Å². The fraction of sp³-hybridized carbons (Fsp3) is 0.333. The van der Waals surface area contributed by atoms with Crippen molar-refractivity contribution in [2.45, 2.75) is 30.7 Å². The van der Waals surface area contributed by atoms with Crippen LogP contribution in [0.1, 0.15) is 35.2 Å². The van der Waals surface area contributed by atoms with E-state index in [2.05, 4.69) is 5.32 Å². The van der Waals surface area contributed by atoms with Gasteiger partial charge in [-0.2, -0.15) is 4.31 Å². The molecule has 0 aromatic heterocycles. The van der Waals surface area contributed by atoms with Crippen LogP contribution in [-0.4, -0.2) is 44.3 Å². The topological polar surface area (TPSA) is 92.8 Å². The van der Waals surface area contributed by atoms with Crippen molar-refractivity contribution in [2.24, 2.45) is 0 Å². The van der Waals surface area contributed by atoms with Gasteiger partial charge in [-0.15, -0.1) is 0 Å². The molecule has 160 valence electrons. The van der Waals surface area contributed by atoms with Gasteiger partial charge in [0.1, 0.15) is 4.90 Å². The predicted octanol–water partition coefficient (Wildman–Crippen LogP) is 2.99. The highest BCUT2D eigenvalue weighted by molar-refractivity contribution is 7.89. The number of nitrogens with one attached hydrogen (secondary N) is 1. The lowest BCUT2D eigenvalue weighted by molar-refractivity contribution is -0.124. The first-order chi connectivity index (χ1) is 14.4. The summed E-state index contributed by atoms with van der Waals surface area (Å²) in [6.45, 7) is 0.697. The SMILES string of the molecule is O=C(COC(=O)c1ccc(Cl)c(S(=O)(=O)N2CCCCC2)c1)NCc1ccccc1. The van der Waals surface area contributed by atoms with Gasteiger partial charge in [0.2, 0.25) is 10.0 Å². The Morgan fingerprint density at radius 2 is 1.73 bits per heavy atom. The van der Waals surface area contributed by atoms with E-state index in [0.29, 0.717) is 19.6 Å². The van der Waals surface area contributed by atoms with E-state index in [1.54, 1.807) is 0 Å². The number of nitrogens with zero attached hydrogens (tertiary/aromatic N) is 1. The minimum Gasteiger partial charge on any atom is -0.452 e. The highest BCUT2D eigenvalue weighted by atomic mass is 35.5. The smallest absolute Gasteiger partial charge is 0.338 e. The minimum atomic E-state index is -3.80. The number of hydrogen-bond acceptors (Lipinski definition) is 5. The van der Waals surface area contributed by atoms with Gasteiger partial charge in [-0.3, -0.25) is 4.79 Å². The molecule has 1 N–H and O–H groups in total. The summed E-state index contributed by atoms with van der Waals surface area (Å²) in [5.41, 5.74) is 0.938. The van der Waals surface area contributed by atoms with Crippen molar-refractivity contribution in [1.82, 2.24) is 9.62 Å². The summed E-state index contributed by atoms with van der Waals surface area (Å²) in [4.78, 5) is 24.1. The summed E-state index contributed by atoms with van der Waals surface area (Å²) in [5.74, 6) is -1.25. The Labute approximate surface area is 181 Å². The van der Waals surface area contributed by atoms with E-state index >= 15 is 0 Å². The molecular formula is C21H23ClN2O5S. The van der Waals surface area contributed by atoms with Gasteiger partial charge in [0.25, 0.3) is 5.91 Å². The highest BCUT2D eigenvalue weighted by Gasteiger charge is 2.29. The van der Waals surface area contributed by atoms with Crippen molar-refractivity contribution in [1.29, 1.82) is 0 Å². The summed E-state index contributed by atoms with van der Waals surface area (Å²) in [6.07, 6.45) is 2.56. The van der Waals surface area contributed by atoms with E-state index in [0.717, 1.165) is 24.8 Å². The van der Waals surface area contributed by atoms with Crippen LogP contribution in [0.2, 0.25) is 5.02 Å². The third-order valence-corrected chi connectivity index (χ3v) is 7.15. The van der Waals surface area contributed by atoms with Crippen molar-refractivity contribution in [3.63, 3.8) is 0 Å². The predicted molar refractivity (Wildman–Crippen MR) is 113 cm³/mol. The molecule has 0 unspecified atom stereocenters. The van der Waals surface area contributed by atoms with E-state index in [-0.39, 0.29) is 15.5 Å². The Morgan fingerprint density at radius 1 is 1.03 bits per heavy atom. The van der Waals surface area contributed by atoms with Crippen molar-refractivity contribution >= 4 is 33.5 Å². The highest BCUT2D eigenvalue weighted by Crippen LogP contribution is 2.28. The summed E-state index contributed by atoms with van der Waals surface area (Å²) in [5, 5.41) is 2.69. The molecule has 2 aromatic rings. The first kappa shape index (κ1) is 22.3. The van der Waals surface area contributed by atoms with Crippen LogP contribution < -0.4 is 5.32 Å². The molecule has 7 nitrogen and oxygen atoms in total. The van der Waals surface area contributed by atoms with Crippen LogP contribution >= 0.6 is 11.6 Å². The Hall–Kier alpha value is -2.42. The lowest BCUT2D eigenvalue weighted by Gasteiger charge is -2.26. The van der Waals surface area contributed by atoms with E-state index in [4.69, 9.17) is 16.3 Å². The molecule has 9 heteroatoms. The van der Waals surface area contributed by atoms with Gasteiger partial charge in [-0.05, 0) is 36.6 Å². The third-order valence-electron chi connectivity index (χ3n) is 4.77. The fourth-order valence-corrected chi connectivity index (χ4v) is 5.15. The number of benzene rings is 2. The molecule has 1 fully saturated rings. The van der Waals surface area contributed by atoms with Crippen LogP contribution in [0.4, 0.5) is 0 Å². The van der Waals surface area contributed by atoms with Gasteiger partial charge in [-0.25, -0.2) is 13.2 Å². The maximum atomic E-state index is 12.9. The molecule has 0 atom stereocenters. The molecule has 2 aromatic carbocycles. The minimum absolute atomic E-state index is 0.0193. The van der Waals surface area contributed by atoms with Crippen molar-refractivity contribution in [3.05, 3.63) is 64.7 Å². The molecule has 0 spiro atoms. The van der Waals surface area contributed by atoms with Crippen molar-refractivity contribution in [2.75, 3.05) is 19.7 Å². The maximum Gasteiger partial charge on any atom is 0.338 e. The van der Waals surface area contributed by atoms with Gasteiger partial charge in [0.15, 0.2) is 6.61 Å². The zero-order valence-electron chi connectivity index (χ0n) is 16.3. The number of rotatable bonds is 7. The van der Waals surface area contributed by atoms with E-state index in [9.17, 15) is 18.0 Å². The van der Waals surface area contributed by atoms with Crippen LogP contribution in [0.25, 0.3) is 0 Å². The van der Waals surface area contributed by atoms with Gasteiger partial charge >= 0.3 is 5.97 Å².